The molecule has 3 heterocycles. The monoisotopic (exact) mass is 436 g/mol. The van der Waals surface area contributed by atoms with Crippen LogP contribution in [0, 0.1) is 29.1 Å². The number of aromatic amines is 1. The Kier molecular flexibility index (Phi) is 5.11. The molecule has 0 saturated carbocycles. The number of nitrogens with zero attached hydrogens (tertiary/aromatic N) is 2. The molecule has 2 aliphatic rings. The third-order valence-corrected chi connectivity index (χ3v) is 7.37. The maximum Gasteiger partial charge on any atom is 0.249 e. The van der Waals surface area contributed by atoms with Crippen molar-refractivity contribution in [3.05, 3.63) is 46.0 Å². The van der Waals surface area contributed by atoms with Crippen molar-refractivity contribution >= 4 is 10.0 Å². The van der Waals surface area contributed by atoms with Gasteiger partial charge in [0.1, 0.15) is 0 Å². The van der Waals surface area contributed by atoms with Crippen LogP contribution >= 0.6 is 0 Å². The van der Waals surface area contributed by atoms with Crippen molar-refractivity contribution in [2.24, 2.45) is 0 Å². The third kappa shape index (κ3) is 3.22. The minimum atomic E-state index is -4.90. The van der Waals surface area contributed by atoms with Gasteiger partial charge in [-0.25, -0.2) is 30.4 Å². The van der Waals surface area contributed by atoms with Gasteiger partial charge in [0, 0.05) is 49.8 Å². The van der Waals surface area contributed by atoms with Crippen LogP contribution in [0.4, 0.5) is 22.0 Å². The normalized spacial score (nSPS) is 18.8. The lowest BCUT2D eigenvalue weighted by Gasteiger charge is -2.31. The number of H-pyrrole nitrogens is 1. The first kappa shape index (κ1) is 20.2. The second-order valence-corrected chi connectivity index (χ2v) is 8.94. The molecule has 2 N–H and O–H groups in total. The number of aromatic nitrogens is 2. The summed E-state index contributed by atoms with van der Waals surface area (Å²) in [6.07, 6.45) is 1.42. The fourth-order valence-corrected chi connectivity index (χ4v) is 5.48. The Bertz CT molecular complexity index is 1040. The van der Waals surface area contributed by atoms with Crippen molar-refractivity contribution in [2.75, 3.05) is 19.6 Å². The molecule has 0 bridgehead atoms. The summed E-state index contributed by atoms with van der Waals surface area (Å²) in [6, 6.07) is 0. The summed E-state index contributed by atoms with van der Waals surface area (Å²) < 4.78 is 94.1. The van der Waals surface area contributed by atoms with Gasteiger partial charge in [-0.15, -0.1) is 0 Å². The average molecular weight is 436 g/mol. The predicted molar refractivity (Wildman–Crippen MR) is 91.0 cm³/mol. The van der Waals surface area contributed by atoms with E-state index in [1.807, 2.05) is 0 Å². The molecule has 4 rings (SSSR count). The molecule has 0 unspecified atom stereocenters. The van der Waals surface area contributed by atoms with Gasteiger partial charge in [0.25, 0.3) is 0 Å². The Morgan fingerprint density at radius 3 is 2.14 bits per heavy atom. The van der Waals surface area contributed by atoms with Crippen molar-refractivity contribution in [1.29, 1.82) is 0 Å². The number of nitrogens with one attached hydrogen (secondary N) is 2. The Hall–Kier alpha value is -2.05. The molecule has 12 heteroatoms. The number of halogens is 5. The highest BCUT2D eigenvalue weighted by Gasteiger charge is 2.39. The molecule has 0 atom stereocenters. The maximum absolute atomic E-state index is 14.0. The summed E-state index contributed by atoms with van der Waals surface area (Å²) in [7, 11) is -4.90. The first-order chi connectivity index (χ1) is 13.7. The molecule has 6 nitrogen and oxygen atoms in total. The van der Waals surface area contributed by atoms with Crippen molar-refractivity contribution in [1.82, 2.24) is 19.8 Å². The van der Waals surface area contributed by atoms with Gasteiger partial charge in [-0.3, -0.25) is 5.10 Å². The van der Waals surface area contributed by atoms with Crippen molar-refractivity contribution in [2.45, 2.75) is 36.6 Å². The Labute approximate surface area is 163 Å². The van der Waals surface area contributed by atoms with E-state index in [1.165, 1.54) is 0 Å². The first-order valence-corrected chi connectivity index (χ1v) is 10.5. The lowest BCUT2D eigenvalue weighted by atomic mass is 9.90. The molecule has 1 aromatic carbocycles. The van der Waals surface area contributed by atoms with E-state index in [-0.39, 0.29) is 19.0 Å². The number of piperidine rings is 1. The molecule has 1 fully saturated rings. The predicted octanol–water partition coefficient (Wildman–Crippen LogP) is 2.32. The fraction of sp³-hybridized carbons (Fsp3) is 0.471. The van der Waals surface area contributed by atoms with Crippen LogP contribution in [0.1, 0.15) is 35.7 Å². The second-order valence-electron chi connectivity index (χ2n) is 7.07. The number of hydrogen-bond acceptors (Lipinski definition) is 4. The van der Waals surface area contributed by atoms with Crippen LogP contribution in [0.3, 0.4) is 0 Å². The molecule has 1 saturated heterocycles. The Balaban J connectivity index is 1.58. The molecule has 29 heavy (non-hydrogen) atoms. The zero-order chi connectivity index (χ0) is 20.9. The Morgan fingerprint density at radius 1 is 0.931 bits per heavy atom. The summed E-state index contributed by atoms with van der Waals surface area (Å²) >= 11 is 0. The van der Waals surface area contributed by atoms with Gasteiger partial charge >= 0.3 is 0 Å². The Morgan fingerprint density at radius 2 is 1.52 bits per heavy atom. The van der Waals surface area contributed by atoms with E-state index in [2.05, 4.69) is 15.5 Å². The van der Waals surface area contributed by atoms with Gasteiger partial charge < -0.3 is 5.32 Å². The largest absolute Gasteiger partial charge is 0.312 e. The fourth-order valence-electron chi connectivity index (χ4n) is 3.90. The molecule has 0 radical (unpaired) electrons. The smallest absolute Gasteiger partial charge is 0.249 e. The van der Waals surface area contributed by atoms with Crippen LogP contribution < -0.4 is 5.32 Å². The molecule has 1 aromatic heterocycles. The summed E-state index contributed by atoms with van der Waals surface area (Å²) in [4.78, 5) is -1.81. The molecular formula is C17H17F5N4O2S. The summed E-state index contributed by atoms with van der Waals surface area (Å²) in [5.41, 5.74) is 2.88. The van der Waals surface area contributed by atoms with Crippen LogP contribution in [0.25, 0.3) is 0 Å². The highest BCUT2D eigenvalue weighted by Crippen LogP contribution is 2.35. The van der Waals surface area contributed by atoms with Gasteiger partial charge in [-0.2, -0.15) is 9.40 Å². The van der Waals surface area contributed by atoms with Crippen molar-refractivity contribution in [3.63, 3.8) is 0 Å². The molecule has 0 spiro atoms. The third-order valence-electron chi connectivity index (χ3n) is 5.45. The lowest BCUT2D eigenvalue weighted by Crippen LogP contribution is -2.39. The SMILES string of the molecule is O=S(=O)(c1c(F)c(F)c(F)c(F)c1F)N1CCC(c2n[nH]c3c2CNCC3)CC1. The number of fused-ring (bicyclic) bond motifs is 1. The van der Waals surface area contributed by atoms with Crippen molar-refractivity contribution < 1.29 is 30.4 Å². The molecule has 158 valence electrons. The van der Waals surface area contributed by atoms with E-state index in [0.29, 0.717) is 19.4 Å². The van der Waals surface area contributed by atoms with Gasteiger partial charge in [-0.1, -0.05) is 0 Å². The van der Waals surface area contributed by atoms with E-state index in [9.17, 15) is 30.4 Å². The lowest BCUT2D eigenvalue weighted by molar-refractivity contribution is 0.307. The molecule has 0 amide bonds. The summed E-state index contributed by atoms with van der Waals surface area (Å²) in [5.74, 6) is -11.7. The average Bonchev–Trinajstić information content (AvgIpc) is 3.15. The molecule has 2 aromatic rings. The van der Waals surface area contributed by atoms with Crippen LogP contribution in [0.15, 0.2) is 4.90 Å². The number of rotatable bonds is 3. The molecule has 2 aliphatic heterocycles. The van der Waals surface area contributed by atoms with E-state index in [1.54, 1.807) is 0 Å². The van der Waals surface area contributed by atoms with Gasteiger partial charge in [0.2, 0.25) is 15.8 Å². The number of benzene rings is 1. The number of sulfonamides is 1. The quantitative estimate of drug-likeness (QED) is 0.440. The highest BCUT2D eigenvalue weighted by molar-refractivity contribution is 7.89. The zero-order valence-corrected chi connectivity index (χ0v) is 15.9. The molecular weight excluding hydrogens is 419 g/mol. The standard InChI is InChI=1S/C17H17F5N4O2S/c18-11-12(19)14(21)17(15(22)13(11)20)29(27,28)26-5-2-8(3-6-26)16-9-7-23-4-1-10(9)24-25-16/h8,23H,1-7H2,(H,24,25). The van der Waals surface area contributed by atoms with Crippen LogP contribution in [-0.4, -0.2) is 42.6 Å². The topological polar surface area (TPSA) is 78.1 Å². The minimum absolute atomic E-state index is 0.0715. The van der Waals surface area contributed by atoms with Gasteiger partial charge in [0.15, 0.2) is 28.2 Å². The minimum Gasteiger partial charge on any atom is -0.312 e. The molecule has 0 aliphatic carbocycles. The maximum atomic E-state index is 14.0. The highest BCUT2D eigenvalue weighted by atomic mass is 32.2. The van der Waals surface area contributed by atoms with E-state index < -0.39 is 44.0 Å². The van der Waals surface area contributed by atoms with E-state index in [4.69, 9.17) is 0 Å². The summed E-state index contributed by atoms with van der Waals surface area (Å²) in [6.45, 7) is 1.22. The second kappa shape index (κ2) is 7.33. The zero-order valence-electron chi connectivity index (χ0n) is 15.0. The van der Waals surface area contributed by atoms with E-state index in [0.717, 1.165) is 34.2 Å². The van der Waals surface area contributed by atoms with Gasteiger partial charge in [-0.05, 0) is 12.8 Å². The summed E-state index contributed by atoms with van der Waals surface area (Å²) in [5, 5.41) is 10.6. The van der Waals surface area contributed by atoms with Crippen LogP contribution in [-0.2, 0) is 23.0 Å². The van der Waals surface area contributed by atoms with Crippen molar-refractivity contribution in [3.8, 4) is 0 Å². The van der Waals surface area contributed by atoms with Gasteiger partial charge in [0.05, 0.1) is 5.69 Å². The van der Waals surface area contributed by atoms with Crippen LogP contribution in [0.2, 0.25) is 0 Å². The first-order valence-electron chi connectivity index (χ1n) is 9.01. The number of hydrogen-bond donors (Lipinski definition) is 2. The van der Waals surface area contributed by atoms with Crippen LogP contribution in [0.5, 0.6) is 0 Å². The van der Waals surface area contributed by atoms with E-state index >= 15 is 0 Å².